The van der Waals surface area contributed by atoms with E-state index in [-0.39, 0.29) is 24.3 Å². The molecule has 0 amide bonds. The molecule has 0 saturated carbocycles. The number of carboxylic acid groups (broad SMARTS) is 1. The molecule has 2 aromatic rings. The number of carbonyl (C=O) groups is 1. The second-order valence-corrected chi connectivity index (χ2v) is 5.06. The van der Waals surface area contributed by atoms with Gasteiger partial charge in [0.1, 0.15) is 5.82 Å². The van der Waals surface area contributed by atoms with E-state index in [4.69, 9.17) is 5.11 Å². The van der Waals surface area contributed by atoms with E-state index in [9.17, 15) is 9.90 Å². The first kappa shape index (κ1) is 14.3. The van der Waals surface area contributed by atoms with Crippen molar-refractivity contribution >= 4 is 22.6 Å². The molecule has 5 heteroatoms. The monoisotopic (exact) mass is 274 g/mol. The highest BCUT2D eigenvalue weighted by molar-refractivity contribution is 5.97. The summed E-state index contributed by atoms with van der Waals surface area (Å²) in [5, 5.41) is 23.3. The van der Waals surface area contributed by atoms with Gasteiger partial charge in [-0.3, -0.25) is 0 Å². The molecule has 0 aliphatic carbocycles. The van der Waals surface area contributed by atoms with Gasteiger partial charge in [0.05, 0.1) is 12.6 Å². The molecule has 0 fully saturated rings. The maximum atomic E-state index is 11.1. The number of anilines is 1. The lowest BCUT2D eigenvalue weighted by Gasteiger charge is -2.21. The van der Waals surface area contributed by atoms with Gasteiger partial charge in [-0.05, 0) is 17.4 Å². The van der Waals surface area contributed by atoms with Crippen LogP contribution in [-0.4, -0.2) is 33.8 Å². The Balaban J connectivity index is 2.52. The number of nitrogens with zero attached hydrogens (tertiary/aromatic N) is 1. The highest BCUT2D eigenvalue weighted by atomic mass is 16.4. The molecular formula is C15H18N2O3. The van der Waals surface area contributed by atoms with Crippen molar-refractivity contribution < 1.29 is 15.0 Å². The van der Waals surface area contributed by atoms with E-state index < -0.39 is 5.97 Å². The summed E-state index contributed by atoms with van der Waals surface area (Å²) in [6.45, 7) is 3.93. The molecule has 0 spiro atoms. The lowest BCUT2D eigenvalue weighted by atomic mass is 10.0. The molecule has 106 valence electrons. The van der Waals surface area contributed by atoms with Gasteiger partial charge in [0.2, 0.25) is 0 Å². The van der Waals surface area contributed by atoms with Gasteiger partial charge in [-0.2, -0.15) is 0 Å². The van der Waals surface area contributed by atoms with Crippen LogP contribution >= 0.6 is 0 Å². The summed E-state index contributed by atoms with van der Waals surface area (Å²) < 4.78 is 0. The molecule has 20 heavy (non-hydrogen) atoms. The number of aliphatic hydroxyl groups excluding tert-OH is 1. The number of aromatic carboxylic acids is 1. The van der Waals surface area contributed by atoms with Crippen LogP contribution in [0.25, 0.3) is 10.8 Å². The molecule has 1 aromatic heterocycles. The molecule has 2 rings (SSSR count). The predicted molar refractivity (Wildman–Crippen MR) is 78.0 cm³/mol. The normalized spacial score (nSPS) is 12.6. The molecule has 1 aromatic carbocycles. The number of pyridine rings is 1. The second kappa shape index (κ2) is 5.88. The number of fused-ring (bicyclic) bond motifs is 1. The average molecular weight is 274 g/mol. The number of hydrogen-bond donors (Lipinski definition) is 3. The van der Waals surface area contributed by atoms with Crippen LogP contribution < -0.4 is 5.32 Å². The maximum Gasteiger partial charge on any atom is 0.354 e. The fourth-order valence-electron chi connectivity index (χ4n) is 2.02. The molecule has 0 saturated heterocycles. The van der Waals surface area contributed by atoms with Gasteiger partial charge in [-0.15, -0.1) is 0 Å². The molecule has 5 nitrogen and oxygen atoms in total. The first-order chi connectivity index (χ1) is 9.52. The summed E-state index contributed by atoms with van der Waals surface area (Å²) in [7, 11) is 0. The summed E-state index contributed by atoms with van der Waals surface area (Å²) in [4.78, 5) is 15.3. The second-order valence-electron chi connectivity index (χ2n) is 5.06. The summed E-state index contributed by atoms with van der Waals surface area (Å²) in [6.07, 6.45) is 0. The van der Waals surface area contributed by atoms with Crippen LogP contribution in [0.2, 0.25) is 0 Å². The number of aliphatic hydroxyl groups is 1. The van der Waals surface area contributed by atoms with E-state index in [1.807, 2.05) is 38.1 Å². The van der Waals surface area contributed by atoms with E-state index in [0.717, 1.165) is 10.8 Å². The smallest absolute Gasteiger partial charge is 0.354 e. The van der Waals surface area contributed by atoms with E-state index >= 15 is 0 Å². The number of benzene rings is 1. The van der Waals surface area contributed by atoms with Crippen LogP contribution in [0.5, 0.6) is 0 Å². The Morgan fingerprint density at radius 3 is 2.65 bits per heavy atom. The molecule has 3 N–H and O–H groups in total. The zero-order valence-electron chi connectivity index (χ0n) is 11.5. The standard InChI is InChI=1S/C15H18N2O3/c1-9(2)13(8-18)17-14-11-6-4-3-5-10(11)7-12(16-14)15(19)20/h3-7,9,13,18H,8H2,1-2H3,(H,16,17)(H,19,20). The summed E-state index contributed by atoms with van der Waals surface area (Å²) in [5.74, 6) is -0.369. The van der Waals surface area contributed by atoms with Crippen LogP contribution in [0.4, 0.5) is 5.82 Å². The minimum atomic E-state index is -1.07. The molecular weight excluding hydrogens is 256 g/mol. The van der Waals surface area contributed by atoms with Crippen LogP contribution in [0.1, 0.15) is 24.3 Å². The molecule has 1 unspecified atom stereocenters. The molecule has 0 aliphatic heterocycles. The summed E-state index contributed by atoms with van der Waals surface area (Å²) in [5.41, 5.74) is -0.00774. The van der Waals surface area contributed by atoms with E-state index in [1.165, 1.54) is 0 Å². The van der Waals surface area contributed by atoms with Gasteiger partial charge in [-0.1, -0.05) is 38.1 Å². The third kappa shape index (κ3) is 2.88. The van der Waals surface area contributed by atoms with E-state index in [2.05, 4.69) is 10.3 Å². The van der Waals surface area contributed by atoms with Crippen molar-refractivity contribution in [3.8, 4) is 0 Å². The number of aromatic nitrogens is 1. The molecule has 1 heterocycles. The van der Waals surface area contributed by atoms with E-state index in [1.54, 1.807) is 6.07 Å². The van der Waals surface area contributed by atoms with Crippen molar-refractivity contribution in [1.82, 2.24) is 4.98 Å². The first-order valence-corrected chi connectivity index (χ1v) is 6.53. The van der Waals surface area contributed by atoms with Crippen LogP contribution in [0.15, 0.2) is 30.3 Å². The summed E-state index contributed by atoms with van der Waals surface area (Å²) >= 11 is 0. The van der Waals surface area contributed by atoms with Gasteiger partial charge in [0.15, 0.2) is 5.69 Å². The van der Waals surface area contributed by atoms with Crippen molar-refractivity contribution in [2.45, 2.75) is 19.9 Å². The Bertz CT molecular complexity index is 626. The SMILES string of the molecule is CC(C)C(CO)Nc1nc(C(=O)O)cc2ccccc12. The lowest BCUT2D eigenvalue weighted by molar-refractivity contribution is 0.0691. The third-order valence-electron chi connectivity index (χ3n) is 3.28. The summed E-state index contributed by atoms with van der Waals surface area (Å²) in [6, 6.07) is 8.83. The lowest BCUT2D eigenvalue weighted by Crippen LogP contribution is -2.30. The number of nitrogens with one attached hydrogen (secondary N) is 1. The van der Waals surface area contributed by atoms with Crippen LogP contribution in [0, 0.1) is 5.92 Å². The third-order valence-corrected chi connectivity index (χ3v) is 3.28. The Morgan fingerprint density at radius 1 is 1.35 bits per heavy atom. The maximum absolute atomic E-state index is 11.1. The molecule has 0 aliphatic rings. The van der Waals surface area contributed by atoms with Crippen molar-refractivity contribution in [2.24, 2.45) is 5.92 Å². The topological polar surface area (TPSA) is 82.5 Å². The minimum Gasteiger partial charge on any atom is -0.477 e. The van der Waals surface area contributed by atoms with Gasteiger partial charge in [0, 0.05) is 5.39 Å². The van der Waals surface area contributed by atoms with Crippen molar-refractivity contribution in [3.05, 3.63) is 36.0 Å². The molecule has 0 bridgehead atoms. The highest BCUT2D eigenvalue weighted by Gasteiger charge is 2.16. The quantitative estimate of drug-likeness (QED) is 0.779. The van der Waals surface area contributed by atoms with Gasteiger partial charge >= 0.3 is 5.97 Å². The van der Waals surface area contributed by atoms with Crippen LogP contribution in [-0.2, 0) is 0 Å². The van der Waals surface area contributed by atoms with Crippen LogP contribution in [0.3, 0.4) is 0 Å². The van der Waals surface area contributed by atoms with E-state index in [0.29, 0.717) is 5.82 Å². The zero-order valence-corrected chi connectivity index (χ0v) is 11.5. The number of carboxylic acids is 1. The van der Waals surface area contributed by atoms with Crippen molar-refractivity contribution in [2.75, 3.05) is 11.9 Å². The van der Waals surface area contributed by atoms with Gasteiger partial charge < -0.3 is 15.5 Å². The Kier molecular flexibility index (Phi) is 4.20. The van der Waals surface area contributed by atoms with Gasteiger partial charge in [0.25, 0.3) is 0 Å². The number of hydrogen-bond acceptors (Lipinski definition) is 4. The zero-order chi connectivity index (χ0) is 14.7. The Labute approximate surface area is 117 Å². The van der Waals surface area contributed by atoms with Crippen molar-refractivity contribution in [1.29, 1.82) is 0 Å². The first-order valence-electron chi connectivity index (χ1n) is 6.53. The molecule has 1 atom stereocenters. The van der Waals surface area contributed by atoms with Crippen molar-refractivity contribution in [3.63, 3.8) is 0 Å². The Hall–Kier alpha value is -2.14. The Morgan fingerprint density at radius 2 is 2.05 bits per heavy atom. The minimum absolute atomic E-state index is 0.00774. The fourth-order valence-corrected chi connectivity index (χ4v) is 2.02. The number of rotatable bonds is 5. The van der Waals surface area contributed by atoms with Gasteiger partial charge in [-0.25, -0.2) is 9.78 Å². The predicted octanol–water partition coefficient (Wildman–Crippen LogP) is 2.36. The fraction of sp³-hybridized carbons (Fsp3) is 0.333. The molecule has 0 radical (unpaired) electrons. The largest absolute Gasteiger partial charge is 0.477 e. The highest BCUT2D eigenvalue weighted by Crippen LogP contribution is 2.24. The average Bonchev–Trinajstić information content (AvgIpc) is 2.43.